The summed E-state index contributed by atoms with van der Waals surface area (Å²) in [6, 6.07) is 2.34. The lowest BCUT2D eigenvalue weighted by molar-refractivity contribution is -0.137. The van der Waals surface area contributed by atoms with Gasteiger partial charge in [0, 0.05) is 25.2 Å². The third kappa shape index (κ3) is 4.21. The van der Waals surface area contributed by atoms with Gasteiger partial charge in [0.25, 0.3) is 0 Å². The summed E-state index contributed by atoms with van der Waals surface area (Å²) in [7, 11) is 0. The molecule has 1 saturated heterocycles. The van der Waals surface area contributed by atoms with Crippen LogP contribution >= 0.6 is 0 Å². The molecule has 1 fully saturated rings. The van der Waals surface area contributed by atoms with Gasteiger partial charge in [0.2, 0.25) is 5.91 Å². The minimum absolute atomic E-state index is 0.0608. The fraction of sp³-hybridized carbons (Fsp3) is 0.467. The molecule has 140 valence electrons. The molecule has 0 radical (unpaired) electrons. The molecule has 26 heavy (non-hydrogen) atoms. The minimum atomic E-state index is -4.41. The SMILES string of the molecule is O=C(NCc1noc(=O)[nH]1)C1CCN(c2ccc(C(F)(F)F)cn2)CC1. The number of alkyl halides is 3. The van der Waals surface area contributed by atoms with Crippen LogP contribution in [-0.2, 0) is 17.5 Å². The van der Waals surface area contributed by atoms with Gasteiger partial charge >= 0.3 is 11.9 Å². The van der Waals surface area contributed by atoms with Crippen LogP contribution in [0, 0.1) is 5.92 Å². The fourth-order valence-corrected chi connectivity index (χ4v) is 2.76. The van der Waals surface area contributed by atoms with Gasteiger partial charge in [-0.05, 0) is 25.0 Å². The van der Waals surface area contributed by atoms with E-state index in [0.717, 1.165) is 12.3 Å². The molecule has 0 spiro atoms. The van der Waals surface area contributed by atoms with Crippen LogP contribution in [0.15, 0.2) is 27.6 Å². The van der Waals surface area contributed by atoms with E-state index in [0.29, 0.717) is 31.7 Å². The van der Waals surface area contributed by atoms with Crippen LogP contribution in [0.1, 0.15) is 24.2 Å². The number of nitrogens with zero attached hydrogens (tertiary/aromatic N) is 3. The highest BCUT2D eigenvalue weighted by Gasteiger charge is 2.31. The highest BCUT2D eigenvalue weighted by atomic mass is 19.4. The minimum Gasteiger partial charge on any atom is -0.357 e. The van der Waals surface area contributed by atoms with Crippen molar-refractivity contribution in [2.45, 2.75) is 25.6 Å². The van der Waals surface area contributed by atoms with Gasteiger partial charge in [-0.25, -0.2) is 9.78 Å². The van der Waals surface area contributed by atoms with Gasteiger partial charge in [-0.1, -0.05) is 5.16 Å². The molecule has 1 aliphatic rings. The Labute approximate surface area is 145 Å². The quantitative estimate of drug-likeness (QED) is 0.840. The maximum atomic E-state index is 12.6. The second-order valence-electron chi connectivity index (χ2n) is 5.92. The van der Waals surface area contributed by atoms with E-state index < -0.39 is 17.5 Å². The lowest BCUT2D eigenvalue weighted by Gasteiger charge is -2.32. The summed E-state index contributed by atoms with van der Waals surface area (Å²) >= 11 is 0. The number of amides is 1. The highest BCUT2D eigenvalue weighted by molar-refractivity contribution is 5.78. The summed E-state index contributed by atoms with van der Waals surface area (Å²) in [5.41, 5.74) is -0.790. The maximum absolute atomic E-state index is 12.6. The van der Waals surface area contributed by atoms with E-state index in [1.807, 2.05) is 4.90 Å². The first-order chi connectivity index (χ1) is 12.3. The number of halogens is 3. The van der Waals surface area contributed by atoms with Crippen molar-refractivity contribution in [2.75, 3.05) is 18.0 Å². The summed E-state index contributed by atoms with van der Waals surface area (Å²) in [6.07, 6.45) is -2.51. The van der Waals surface area contributed by atoms with Crippen molar-refractivity contribution in [3.05, 3.63) is 40.3 Å². The molecule has 0 bridgehead atoms. The van der Waals surface area contributed by atoms with Crippen molar-refractivity contribution in [1.82, 2.24) is 20.4 Å². The van der Waals surface area contributed by atoms with Crippen LogP contribution < -0.4 is 16.0 Å². The van der Waals surface area contributed by atoms with E-state index in [9.17, 15) is 22.8 Å². The zero-order valence-electron chi connectivity index (χ0n) is 13.5. The van der Waals surface area contributed by atoms with Crippen molar-refractivity contribution < 1.29 is 22.5 Å². The molecule has 11 heteroatoms. The lowest BCUT2D eigenvalue weighted by atomic mass is 9.96. The van der Waals surface area contributed by atoms with Gasteiger partial charge in [0.1, 0.15) is 5.82 Å². The van der Waals surface area contributed by atoms with Crippen molar-refractivity contribution in [1.29, 1.82) is 0 Å². The first kappa shape index (κ1) is 18.0. The van der Waals surface area contributed by atoms with Gasteiger partial charge in [-0.15, -0.1) is 0 Å². The Bertz CT molecular complexity index is 807. The fourth-order valence-electron chi connectivity index (χ4n) is 2.76. The van der Waals surface area contributed by atoms with Crippen molar-refractivity contribution in [3.8, 4) is 0 Å². The summed E-state index contributed by atoms with van der Waals surface area (Å²) in [5.74, 6) is -0.397. The topological polar surface area (TPSA) is 104 Å². The molecule has 3 heterocycles. The predicted molar refractivity (Wildman–Crippen MR) is 83.1 cm³/mol. The Balaban J connectivity index is 1.50. The molecule has 0 aromatic carbocycles. The van der Waals surface area contributed by atoms with Crippen molar-refractivity contribution in [3.63, 3.8) is 0 Å². The first-order valence-corrected chi connectivity index (χ1v) is 7.94. The number of anilines is 1. The molecule has 0 atom stereocenters. The summed E-state index contributed by atoms with van der Waals surface area (Å²) in [4.78, 5) is 31.0. The molecule has 2 N–H and O–H groups in total. The van der Waals surface area contributed by atoms with Crippen LogP contribution in [0.25, 0.3) is 0 Å². The van der Waals surface area contributed by atoms with E-state index in [1.165, 1.54) is 6.07 Å². The smallest absolute Gasteiger partial charge is 0.357 e. The number of carbonyl (C=O) groups is 1. The molecule has 1 amide bonds. The molecule has 0 unspecified atom stereocenters. The average Bonchev–Trinajstić information content (AvgIpc) is 3.04. The monoisotopic (exact) mass is 371 g/mol. The summed E-state index contributed by atoms with van der Waals surface area (Å²) < 4.78 is 42.0. The number of carbonyl (C=O) groups excluding carboxylic acids is 1. The van der Waals surface area contributed by atoms with Crippen molar-refractivity contribution in [2.24, 2.45) is 5.92 Å². The highest BCUT2D eigenvalue weighted by Crippen LogP contribution is 2.30. The maximum Gasteiger partial charge on any atom is 0.438 e. The van der Waals surface area contributed by atoms with E-state index in [2.05, 4.69) is 25.0 Å². The number of hydrogen-bond acceptors (Lipinski definition) is 6. The second kappa shape index (κ2) is 7.18. The van der Waals surface area contributed by atoms with Gasteiger partial charge < -0.3 is 10.2 Å². The number of aromatic amines is 1. The molecular formula is C15H16F3N5O3. The third-order valence-corrected chi connectivity index (χ3v) is 4.18. The molecule has 0 saturated carbocycles. The third-order valence-electron chi connectivity index (χ3n) is 4.18. The Morgan fingerprint density at radius 1 is 1.35 bits per heavy atom. The van der Waals surface area contributed by atoms with Crippen LogP contribution in [0.5, 0.6) is 0 Å². The van der Waals surface area contributed by atoms with Crippen LogP contribution in [0.3, 0.4) is 0 Å². The molecule has 0 aliphatic carbocycles. The van der Waals surface area contributed by atoms with Gasteiger partial charge in [0.05, 0.1) is 12.1 Å². The number of H-pyrrole nitrogens is 1. The zero-order valence-corrected chi connectivity index (χ0v) is 13.5. The van der Waals surface area contributed by atoms with Gasteiger partial charge in [0.15, 0.2) is 5.82 Å². The second-order valence-corrected chi connectivity index (χ2v) is 5.92. The standard InChI is InChI=1S/C15H16F3N5O3/c16-15(17,18)10-1-2-12(19-7-10)23-5-3-9(4-6-23)13(24)20-8-11-21-14(25)26-22-11/h1-2,7,9H,3-6,8H2,(H,20,24)(H,21,22,25). The Morgan fingerprint density at radius 2 is 2.08 bits per heavy atom. The Hall–Kier alpha value is -2.85. The molecule has 8 nitrogen and oxygen atoms in total. The van der Waals surface area contributed by atoms with E-state index >= 15 is 0 Å². The largest absolute Gasteiger partial charge is 0.438 e. The molecule has 2 aromatic rings. The summed E-state index contributed by atoms with van der Waals surface area (Å²) in [5, 5.41) is 6.12. The van der Waals surface area contributed by atoms with E-state index in [-0.39, 0.29) is 24.2 Å². The number of nitrogens with one attached hydrogen (secondary N) is 2. The number of pyridine rings is 1. The predicted octanol–water partition coefficient (Wildman–Crippen LogP) is 1.31. The molecule has 2 aromatic heterocycles. The van der Waals surface area contributed by atoms with E-state index in [1.54, 1.807) is 0 Å². The van der Waals surface area contributed by atoms with Crippen LogP contribution in [-0.4, -0.2) is 34.1 Å². The number of piperidine rings is 1. The van der Waals surface area contributed by atoms with Gasteiger partial charge in [-0.3, -0.25) is 14.3 Å². The molecular weight excluding hydrogens is 355 g/mol. The molecule has 1 aliphatic heterocycles. The zero-order chi connectivity index (χ0) is 18.7. The average molecular weight is 371 g/mol. The first-order valence-electron chi connectivity index (χ1n) is 7.94. The Kier molecular flexibility index (Phi) is 4.96. The van der Waals surface area contributed by atoms with Crippen LogP contribution in [0.4, 0.5) is 19.0 Å². The van der Waals surface area contributed by atoms with Crippen molar-refractivity contribution >= 4 is 11.7 Å². The number of aromatic nitrogens is 3. The van der Waals surface area contributed by atoms with E-state index in [4.69, 9.17) is 0 Å². The summed E-state index contributed by atoms with van der Waals surface area (Å²) in [6.45, 7) is 1.08. The van der Waals surface area contributed by atoms with Crippen LogP contribution in [0.2, 0.25) is 0 Å². The lowest BCUT2D eigenvalue weighted by Crippen LogP contribution is -2.40. The number of rotatable bonds is 4. The normalized spacial score (nSPS) is 15.9. The van der Waals surface area contributed by atoms with Gasteiger partial charge in [-0.2, -0.15) is 13.2 Å². The number of hydrogen-bond donors (Lipinski definition) is 2. The Morgan fingerprint density at radius 3 is 2.62 bits per heavy atom. The molecule has 3 rings (SSSR count).